The standard InChI is InChI=1S/C16H16N2O5S/c1-10-15(24(17,20)21)9-14(22-10)16(19)18-7-6-12-8-11-4-2-3-5-13(11)23-12/h2-5,8-9H,6-7H2,1H3,(H,18,19)(H2,17,20,21). The minimum Gasteiger partial charge on any atom is -0.461 e. The fourth-order valence-electron chi connectivity index (χ4n) is 2.41. The van der Waals surface area contributed by atoms with Gasteiger partial charge >= 0.3 is 0 Å². The Bertz CT molecular complexity index is 968. The smallest absolute Gasteiger partial charge is 0.287 e. The number of para-hydroxylation sites is 1. The van der Waals surface area contributed by atoms with E-state index in [0.717, 1.165) is 22.8 Å². The van der Waals surface area contributed by atoms with Crippen LogP contribution in [0.1, 0.15) is 22.1 Å². The van der Waals surface area contributed by atoms with Crippen molar-refractivity contribution in [2.45, 2.75) is 18.2 Å². The Morgan fingerprint density at radius 2 is 1.96 bits per heavy atom. The molecular weight excluding hydrogens is 332 g/mol. The van der Waals surface area contributed by atoms with E-state index in [1.54, 1.807) is 0 Å². The van der Waals surface area contributed by atoms with Gasteiger partial charge in [-0.15, -0.1) is 0 Å². The molecule has 0 saturated carbocycles. The molecule has 0 aliphatic rings. The topological polar surface area (TPSA) is 116 Å². The Kier molecular flexibility index (Phi) is 4.16. The summed E-state index contributed by atoms with van der Waals surface area (Å²) < 4.78 is 33.5. The number of rotatable bonds is 5. The van der Waals surface area contributed by atoms with Crippen molar-refractivity contribution >= 4 is 26.9 Å². The van der Waals surface area contributed by atoms with Crippen molar-refractivity contribution in [1.29, 1.82) is 0 Å². The maximum atomic E-state index is 12.0. The van der Waals surface area contributed by atoms with Crippen LogP contribution >= 0.6 is 0 Å². The van der Waals surface area contributed by atoms with E-state index in [2.05, 4.69) is 5.32 Å². The number of primary sulfonamides is 1. The summed E-state index contributed by atoms with van der Waals surface area (Å²) in [4.78, 5) is 11.8. The number of nitrogens with two attached hydrogens (primary N) is 1. The molecule has 7 nitrogen and oxygen atoms in total. The van der Waals surface area contributed by atoms with Gasteiger partial charge in [-0.2, -0.15) is 0 Å². The van der Waals surface area contributed by atoms with Crippen LogP contribution < -0.4 is 10.5 Å². The quantitative estimate of drug-likeness (QED) is 0.731. The molecule has 1 aromatic carbocycles. The highest BCUT2D eigenvalue weighted by Gasteiger charge is 2.20. The third-order valence-electron chi connectivity index (χ3n) is 3.54. The molecule has 2 aromatic heterocycles. The molecule has 2 heterocycles. The molecule has 3 aromatic rings. The average Bonchev–Trinajstić information content (AvgIpc) is 3.09. The predicted octanol–water partition coefficient (Wildman–Crippen LogP) is 1.95. The number of hydrogen-bond donors (Lipinski definition) is 2. The lowest BCUT2D eigenvalue weighted by Gasteiger charge is -2.00. The van der Waals surface area contributed by atoms with E-state index in [1.165, 1.54) is 6.92 Å². The van der Waals surface area contributed by atoms with Gasteiger partial charge in [-0.3, -0.25) is 4.79 Å². The predicted molar refractivity (Wildman–Crippen MR) is 87.1 cm³/mol. The summed E-state index contributed by atoms with van der Waals surface area (Å²) in [6, 6.07) is 10.7. The van der Waals surface area contributed by atoms with E-state index >= 15 is 0 Å². The summed E-state index contributed by atoms with van der Waals surface area (Å²) in [5.74, 6) is 0.225. The fourth-order valence-corrected chi connectivity index (χ4v) is 3.12. The van der Waals surface area contributed by atoms with Gasteiger partial charge in [0, 0.05) is 24.4 Å². The molecule has 8 heteroatoms. The molecule has 0 bridgehead atoms. The third-order valence-corrected chi connectivity index (χ3v) is 4.55. The van der Waals surface area contributed by atoms with Crippen LogP contribution in [0, 0.1) is 6.92 Å². The van der Waals surface area contributed by atoms with E-state index in [-0.39, 0.29) is 16.4 Å². The first-order valence-electron chi connectivity index (χ1n) is 7.23. The van der Waals surface area contributed by atoms with Gasteiger partial charge in [-0.25, -0.2) is 13.6 Å². The fraction of sp³-hybridized carbons (Fsp3) is 0.188. The number of furan rings is 2. The van der Waals surface area contributed by atoms with E-state index in [9.17, 15) is 13.2 Å². The normalized spacial score (nSPS) is 11.8. The molecule has 0 radical (unpaired) electrons. The van der Waals surface area contributed by atoms with Crippen LogP contribution in [0.15, 0.2) is 50.1 Å². The Hall–Kier alpha value is -2.58. The van der Waals surface area contributed by atoms with Gasteiger partial charge in [0.2, 0.25) is 10.0 Å². The van der Waals surface area contributed by atoms with Gasteiger partial charge in [0.25, 0.3) is 5.91 Å². The number of nitrogens with one attached hydrogen (secondary N) is 1. The van der Waals surface area contributed by atoms with Crippen molar-refractivity contribution in [3.8, 4) is 0 Å². The SMILES string of the molecule is Cc1oc(C(=O)NCCc2cc3ccccc3o2)cc1S(N)(=O)=O. The van der Waals surface area contributed by atoms with Crippen molar-refractivity contribution in [2.75, 3.05) is 6.54 Å². The van der Waals surface area contributed by atoms with Gasteiger partial charge in [-0.05, 0) is 19.1 Å². The number of sulfonamides is 1. The Morgan fingerprint density at radius 3 is 2.62 bits per heavy atom. The van der Waals surface area contributed by atoms with E-state index in [4.69, 9.17) is 14.0 Å². The summed E-state index contributed by atoms with van der Waals surface area (Å²) in [5.41, 5.74) is 0.790. The molecule has 0 atom stereocenters. The first-order valence-corrected chi connectivity index (χ1v) is 8.78. The summed E-state index contributed by atoms with van der Waals surface area (Å²) in [6.45, 7) is 1.76. The van der Waals surface area contributed by atoms with Crippen molar-refractivity contribution < 1.29 is 22.0 Å². The minimum absolute atomic E-state index is 0.0833. The lowest BCUT2D eigenvalue weighted by Crippen LogP contribution is -2.25. The largest absolute Gasteiger partial charge is 0.461 e. The monoisotopic (exact) mass is 348 g/mol. The van der Waals surface area contributed by atoms with Crippen LogP contribution in [0.25, 0.3) is 11.0 Å². The third kappa shape index (κ3) is 3.34. The number of aryl methyl sites for hydroxylation is 1. The average molecular weight is 348 g/mol. The molecule has 1 amide bonds. The number of fused-ring (bicyclic) bond motifs is 1. The molecule has 0 fully saturated rings. The number of carbonyl (C=O) groups excluding carboxylic acids is 1. The van der Waals surface area contributed by atoms with Gasteiger partial charge in [0.1, 0.15) is 22.0 Å². The van der Waals surface area contributed by atoms with Crippen LogP contribution in [0.2, 0.25) is 0 Å². The van der Waals surface area contributed by atoms with Crippen LogP contribution in [-0.4, -0.2) is 20.9 Å². The maximum absolute atomic E-state index is 12.0. The molecule has 126 valence electrons. The second-order valence-electron chi connectivity index (χ2n) is 5.33. The molecule has 3 N–H and O–H groups in total. The lowest BCUT2D eigenvalue weighted by molar-refractivity contribution is 0.0924. The molecule has 0 spiro atoms. The summed E-state index contributed by atoms with van der Waals surface area (Å²) in [6.07, 6.45) is 0.502. The van der Waals surface area contributed by atoms with Gasteiger partial charge < -0.3 is 14.2 Å². The van der Waals surface area contributed by atoms with E-state index < -0.39 is 15.9 Å². The molecule has 0 saturated heterocycles. The first kappa shape index (κ1) is 16.3. The van der Waals surface area contributed by atoms with Crippen LogP contribution in [0.3, 0.4) is 0 Å². The first-order chi connectivity index (χ1) is 11.3. The molecule has 24 heavy (non-hydrogen) atoms. The molecule has 0 aliphatic heterocycles. The summed E-state index contributed by atoms with van der Waals surface area (Å²) in [5, 5.41) is 8.71. The van der Waals surface area contributed by atoms with Crippen LogP contribution in [0.5, 0.6) is 0 Å². The number of carbonyl (C=O) groups is 1. The number of hydrogen-bond acceptors (Lipinski definition) is 5. The molecule has 0 aliphatic carbocycles. The Labute approximate surface area is 138 Å². The van der Waals surface area contributed by atoms with Crippen molar-refractivity contribution in [3.05, 3.63) is 53.7 Å². The van der Waals surface area contributed by atoms with Crippen molar-refractivity contribution in [1.82, 2.24) is 5.32 Å². The van der Waals surface area contributed by atoms with Gasteiger partial charge in [0.05, 0.1) is 0 Å². The highest BCUT2D eigenvalue weighted by Crippen LogP contribution is 2.20. The Morgan fingerprint density at radius 1 is 1.21 bits per heavy atom. The highest BCUT2D eigenvalue weighted by molar-refractivity contribution is 7.89. The second kappa shape index (κ2) is 6.14. The van der Waals surface area contributed by atoms with Crippen LogP contribution in [0.4, 0.5) is 0 Å². The van der Waals surface area contributed by atoms with Gasteiger partial charge in [-0.1, -0.05) is 18.2 Å². The van der Waals surface area contributed by atoms with E-state index in [1.807, 2.05) is 30.3 Å². The zero-order chi connectivity index (χ0) is 17.3. The molecule has 3 rings (SSSR count). The van der Waals surface area contributed by atoms with E-state index in [0.29, 0.717) is 13.0 Å². The summed E-state index contributed by atoms with van der Waals surface area (Å²) >= 11 is 0. The lowest BCUT2D eigenvalue weighted by atomic mass is 10.2. The van der Waals surface area contributed by atoms with Crippen molar-refractivity contribution in [2.24, 2.45) is 5.14 Å². The number of amides is 1. The zero-order valence-electron chi connectivity index (χ0n) is 12.9. The number of benzene rings is 1. The minimum atomic E-state index is -3.91. The molecule has 0 unspecified atom stereocenters. The van der Waals surface area contributed by atoms with Crippen molar-refractivity contribution in [3.63, 3.8) is 0 Å². The summed E-state index contributed by atoms with van der Waals surface area (Å²) in [7, 11) is -3.91. The van der Waals surface area contributed by atoms with Crippen LogP contribution in [-0.2, 0) is 16.4 Å². The zero-order valence-corrected chi connectivity index (χ0v) is 13.7. The highest BCUT2D eigenvalue weighted by atomic mass is 32.2. The molecular formula is C16H16N2O5S. The van der Waals surface area contributed by atoms with Gasteiger partial charge in [0.15, 0.2) is 5.76 Å². The second-order valence-corrected chi connectivity index (χ2v) is 6.86. The Balaban J connectivity index is 1.63. The maximum Gasteiger partial charge on any atom is 0.287 e.